The topological polar surface area (TPSA) is 103 Å². The summed E-state index contributed by atoms with van der Waals surface area (Å²) in [5.41, 5.74) is 0.881. The van der Waals surface area contributed by atoms with Crippen LogP contribution in [0.3, 0.4) is 0 Å². The van der Waals surface area contributed by atoms with E-state index in [4.69, 9.17) is 9.15 Å². The molecule has 4 rings (SSSR count). The minimum atomic E-state index is -3.81. The zero-order valence-corrected chi connectivity index (χ0v) is 20.6. The molecule has 0 aliphatic heterocycles. The number of anilines is 1. The number of hydrogen-bond acceptors (Lipinski definition) is 6. The Morgan fingerprint density at radius 1 is 0.914 bits per heavy atom. The summed E-state index contributed by atoms with van der Waals surface area (Å²) < 4.78 is 38.5. The molecule has 7 nitrogen and oxygen atoms in total. The molecule has 0 saturated heterocycles. The van der Waals surface area contributed by atoms with Gasteiger partial charge in [-0.05, 0) is 65.6 Å². The largest absolute Gasteiger partial charge is 0.497 e. The van der Waals surface area contributed by atoms with Crippen LogP contribution in [0.5, 0.6) is 5.75 Å². The maximum absolute atomic E-state index is 12.9. The van der Waals surface area contributed by atoms with Crippen LogP contribution in [0, 0.1) is 0 Å². The van der Waals surface area contributed by atoms with Crippen molar-refractivity contribution in [1.82, 2.24) is 0 Å². The fourth-order valence-electron chi connectivity index (χ4n) is 3.57. The summed E-state index contributed by atoms with van der Waals surface area (Å²) in [4.78, 5) is 25.5. The number of carbonyl (C=O) groups is 1. The first kappa shape index (κ1) is 24.2. The monoisotopic (exact) mass is 491 g/mol. The predicted molar refractivity (Wildman–Crippen MR) is 135 cm³/mol. The SMILES string of the molecule is COc1ccc2cc(C(=O)c3ccc(NS(=O)(=O)c4ccc(C(C)(C)C)cc4)cc3)c(=O)oc2c1. The van der Waals surface area contributed by atoms with Crippen molar-refractivity contribution in [2.75, 3.05) is 11.8 Å². The molecule has 8 heteroatoms. The molecule has 0 amide bonds. The predicted octanol–water partition coefficient (Wildman–Crippen LogP) is 5.13. The number of carbonyl (C=O) groups excluding carboxylic acids is 1. The summed E-state index contributed by atoms with van der Waals surface area (Å²) in [7, 11) is -2.30. The van der Waals surface area contributed by atoms with Gasteiger partial charge in [0.25, 0.3) is 10.0 Å². The van der Waals surface area contributed by atoms with E-state index in [0.29, 0.717) is 22.4 Å². The number of sulfonamides is 1. The van der Waals surface area contributed by atoms with Crippen LogP contribution in [0.25, 0.3) is 11.0 Å². The Morgan fingerprint density at radius 3 is 2.17 bits per heavy atom. The Morgan fingerprint density at radius 2 is 1.57 bits per heavy atom. The first-order valence-corrected chi connectivity index (χ1v) is 12.4. The Kier molecular flexibility index (Phi) is 6.25. The highest BCUT2D eigenvalue weighted by atomic mass is 32.2. The summed E-state index contributed by atoms with van der Waals surface area (Å²) in [5, 5.41) is 0.579. The first-order chi connectivity index (χ1) is 16.5. The number of methoxy groups -OCH3 is 1. The molecule has 0 bridgehead atoms. The van der Waals surface area contributed by atoms with Crippen LogP contribution in [0.2, 0.25) is 0 Å². The van der Waals surface area contributed by atoms with E-state index in [1.807, 2.05) is 0 Å². The van der Waals surface area contributed by atoms with Gasteiger partial charge in [0.05, 0.1) is 12.0 Å². The Balaban J connectivity index is 1.55. The van der Waals surface area contributed by atoms with Crippen molar-refractivity contribution >= 4 is 32.5 Å². The zero-order valence-electron chi connectivity index (χ0n) is 19.8. The van der Waals surface area contributed by atoms with Gasteiger partial charge >= 0.3 is 5.63 Å². The lowest BCUT2D eigenvalue weighted by atomic mass is 9.87. The lowest BCUT2D eigenvalue weighted by Crippen LogP contribution is -2.16. The van der Waals surface area contributed by atoms with Crippen LogP contribution in [-0.2, 0) is 15.4 Å². The lowest BCUT2D eigenvalue weighted by molar-refractivity contribution is 0.103. The molecular formula is C27H25NO6S. The van der Waals surface area contributed by atoms with Gasteiger partial charge in [0, 0.05) is 22.7 Å². The standard InChI is InChI=1S/C27H25NO6S/c1-27(2,3)19-8-13-22(14-9-19)35(31,32)28-20-10-5-17(6-11-20)25(29)23-15-18-7-12-21(33-4)16-24(18)34-26(23)30/h5-16,28H,1-4H3. The third kappa shape index (κ3) is 5.12. The highest BCUT2D eigenvalue weighted by Crippen LogP contribution is 2.25. The summed E-state index contributed by atoms with van der Waals surface area (Å²) >= 11 is 0. The molecule has 0 aliphatic carbocycles. The van der Waals surface area contributed by atoms with Crippen molar-refractivity contribution in [3.63, 3.8) is 0 Å². The second-order valence-electron chi connectivity index (χ2n) is 9.14. The molecule has 0 atom stereocenters. The fourth-order valence-corrected chi connectivity index (χ4v) is 4.63. The molecular weight excluding hydrogens is 466 g/mol. The van der Waals surface area contributed by atoms with Crippen LogP contribution >= 0.6 is 0 Å². The maximum atomic E-state index is 12.9. The van der Waals surface area contributed by atoms with Gasteiger partial charge in [0.2, 0.25) is 0 Å². The van der Waals surface area contributed by atoms with E-state index in [1.165, 1.54) is 37.4 Å². The summed E-state index contributed by atoms with van der Waals surface area (Å²) in [5.74, 6) is 0.00607. The van der Waals surface area contributed by atoms with E-state index < -0.39 is 21.4 Å². The highest BCUT2D eigenvalue weighted by Gasteiger charge is 2.19. The number of nitrogens with one attached hydrogen (secondary N) is 1. The molecule has 3 aromatic carbocycles. The number of hydrogen-bond donors (Lipinski definition) is 1. The van der Waals surface area contributed by atoms with Crippen molar-refractivity contribution in [3.05, 3.63) is 99.9 Å². The number of ether oxygens (including phenoxy) is 1. The second-order valence-corrected chi connectivity index (χ2v) is 10.8. The van der Waals surface area contributed by atoms with Gasteiger partial charge in [-0.15, -0.1) is 0 Å². The van der Waals surface area contributed by atoms with E-state index in [-0.39, 0.29) is 21.4 Å². The van der Waals surface area contributed by atoms with E-state index in [0.717, 1.165) is 5.56 Å². The third-order valence-electron chi connectivity index (χ3n) is 5.62. The van der Waals surface area contributed by atoms with Gasteiger partial charge in [-0.1, -0.05) is 32.9 Å². The van der Waals surface area contributed by atoms with Crippen LogP contribution in [-0.4, -0.2) is 21.3 Å². The molecule has 1 aromatic heterocycles. The van der Waals surface area contributed by atoms with E-state index >= 15 is 0 Å². The van der Waals surface area contributed by atoms with Crippen LogP contribution in [0.1, 0.15) is 42.3 Å². The van der Waals surface area contributed by atoms with Crippen molar-refractivity contribution in [2.24, 2.45) is 0 Å². The van der Waals surface area contributed by atoms with Gasteiger partial charge in [-0.3, -0.25) is 9.52 Å². The van der Waals surface area contributed by atoms with E-state index in [9.17, 15) is 18.0 Å². The lowest BCUT2D eigenvalue weighted by Gasteiger charge is -2.19. The minimum absolute atomic E-state index is 0.0901. The molecule has 0 fully saturated rings. The normalized spacial score (nSPS) is 11.9. The zero-order chi connectivity index (χ0) is 25.4. The van der Waals surface area contributed by atoms with Crippen LogP contribution in [0.4, 0.5) is 5.69 Å². The average Bonchev–Trinajstić information content (AvgIpc) is 2.82. The number of fused-ring (bicyclic) bond motifs is 1. The number of benzene rings is 3. The Bertz CT molecular complexity index is 1560. The summed E-state index contributed by atoms with van der Waals surface area (Å²) in [6, 6.07) is 19.0. The van der Waals surface area contributed by atoms with E-state index in [1.54, 1.807) is 42.5 Å². The molecule has 0 saturated carbocycles. The van der Waals surface area contributed by atoms with E-state index in [2.05, 4.69) is 25.5 Å². The maximum Gasteiger partial charge on any atom is 0.347 e. The fraction of sp³-hybridized carbons (Fsp3) is 0.185. The van der Waals surface area contributed by atoms with Gasteiger partial charge in [0.1, 0.15) is 16.9 Å². The van der Waals surface area contributed by atoms with Crippen molar-refractivity contribution < 1.29 is 22.4 Å². The van der Waals surface area contributed by atoms with Gasteiger partial charge < -0.3 is 9.15 Å². The highest BCUT2D eigenvalue weighted by molar-refractivity contribution is 7.92. The average molecular weight is 492 g/mol. The second kappa shape index (κ2) is 9.03. The van der Waals surface area contributed by atoms with Gasteiger partial charge in [-0.2, -0.15) is 0 Å². The Labute approximate surface area is 203 Å². The van der Waals surface area contributed by atoms with Crippen molar-refractivity contribution in [2.45, 2.75) is 31.1 Å². The molecule has 1 heterocycles. The van der Waals surface area contributed by atoms with Crippen molar-refractivity contribution in [1.29, 1.82) is 0 Å². The van der Waals surface area contributed by atoms with Crippen molar-refractivity contribution in [3.8, 4) is 5.75 Å². The number of ketones is 1. The molecule has 0 radical (unpaired) electrons. The third-order valence-corrected chi connectivity index (χ3v) is 7.01. The molecule has 1 N–H and O–H groups in total. The molecule has 0 aliphatic rings. The Hall–Kier alpha value is -3.91. The van der Waals surface area contributed by atoms with Gasteiger partial charge in [0.15, 0.2) is 5.78 Å². The molecule has 0 unspecified atom stereocenters. The number of rotatable bonds is 6. The van der Waals surface area contributed by atoms with Crippen LogP contribution < -0.4 is 15.1 Å². The van der Waals surface area contributed by atoms with Gasteiger partial charge in [-0.25, -0.2) is 13.2 Å². The summed E-state index contributed by atoms with van der Waals surface area (Å²) in [6.07, 6.45) is 0. The molecule has 180 valence electrons. The smallest absolute Gasteiger partial charge is 0.347 e. The molecule has 35 heavy (non-hydrogen) atoms. The molecule has 0 spiro atoms. The first-order valence-electron chi connectivity index (χ1n) is 10.9. The summed E-state index contributed by atoms with van der Waals surface area (Å²) in [6.45, 7) is 6.16. The minimum Gasteiger partial charge on any atom is -0.497 e. The molecule has 4 aromatic rings. The van der Waals surface area contributed by atoms with Crippen LogP contribution in [0.15, 0.2) is 86.9 Å². The quantitative estimate of drug-likeness (QED) is 0.296.